The van der Waals surface area contributed by atoms with E-state index in [4.69, 9.17) is 10.5 Å². The van der Waals surface area contributed by atoms with Gasteiger partial charge >= 0.3 is 0 Å². The van der Waals surface area contributed by atoms with Crippen molar-refractivity contribution in [1.82, 2.24) is 4.98 Å². The van der Waals surface area contributed by atoms with Crippen molar-refractivity contribution in [2.24, 2.45) is 0 Å². The van der Waals surface area contributed by atoms with Gasteiger partial charge in [0, 0.05) is 16.4 Å². The third kappa shape index (κ3) is 3.11. The Morgan fingerprint density at radius 1 is 1.05 bits per heavy atom. The summed E-state index contributed by atoms with van der Waals surface area (Å²) in [6.07, 6.45) is 1.67. The number of nitriles is 2. The van der Waals surface area contributed by atoms with Gasteiger partial charge in [-0.25, -0.2) is 4.98 Å². The molecule has 0 aliphatic heterocycles. The topological polar surface area (TPSA) is 72.5 Å². The number of aromatic nitrogens is 1. The summed E-state index contributed by atoms with van der Waals surface area (Å²) in [5.41, 5.74) is 1.39. The maximum Gasteiger partial charge on any atom is 0.144 e. The van der Waals surface area contributed by atoms with Gasteiger partial charge in [0.15, 0.2) is 0 Å². The second-order valence-electron chi connectivity index (χ2n) is 3.59. The van der Waals surface area contributed by atoms with Crippen molar-refractivity contribution >= 4 is 43.4 Å². The minimum absolute atomic E-state index is 0.334. The summed E-state index contributed by atoms with van der Waals surface area (Å²) in [6.45, 7) is 0. The fourth-order valence-corrected chi connectivity index (χ4v) is 2.54. The molecule has 0 saturated heterocycles. The standard InChI is InChI=1S/C13H6Br2N4/c14-10-4-12(15)13(18-7-10)19-11-2-1-8(5-16)9(3-11)6-17/h1-4,7H,(H,18,19). The normalized spacial score (nSPS) is 9.47. The van der Waals surface area contributed by atoms with E-state index in [1.54, 1.807) is 24.4 Å². The molecule has 19 heavy (non-hydrogen) atoms. The number of pyridine rings is 1. The molecule has 0 unspecified atom stereocenters. The maximum atomic E-state index is 8.97. The van der Waals surface area contributed by atoms with Gasteiger partial charge in [-0.1, -0.05) is 0 Å². The Morgan fingerprint density at radius 3 is 2.42 bits per heavy atom. The summed E-state index contributed by atoms with van der Waals surface area (Å²) in [5.74, 6) is 0.636. The molecule has 0 fully saturated rings. The van der Waals surface area contributed by atoms with E-state index in [9.17, 15) is 0 Å². The predicted octanol–water partition coefficient (Wildman–Crippen LogP) is 4.09. The third-order valence-corrected chi connectivity index (χ3v) is 3.37. The first-order valence-corrected chi connectivity index (χ1v) is 6.75. The Morgan fingerprint density at radius 2 is 1.79 bits per heavy atom. The second-order valence-corrected chi connectivity index (χ2v) is 5.36. The van der Waals surface area contributed by atoms with Crippen molar-refractivity contribution in [2.45, 2.75) is 0 Å². The molecule has 92 valence electrons. The van der Waals surface area contributed by atoms with Crippen LogP contribution in [0.3, 0.4) is 0 Å². The highest BCUT2D eigenvalue weighted by atomic mass is 79.9. The monoisotopic (exact) mass is 376 g/mol. The lowest BCUT2D eigenvalue weighted by molar-refractivity contribution is 1.27. The van der Waals surface area contributed by atoms with Crippen LogP contribution in [0.15, 0.2) is 39.4 Å². The van der Waals surface area contributed by atoms with Crippen molar-refractivity contribution in [3.8, 4) is 12.1 Å². The number of anilines is 2. The van der Waals surface area contributed by atoms with E-state index in [0.717, 1.165) is 8.95 Å². The molecular weight excluding hydrogens is 372 g/mol. The quantitative estimate of drug-likeness (QED) is 0.855. The zero-order valence-electron chi connectivity index (χ0n) is 9.48. The second kappa shape index (κ2) is 5.83. The molecule has 1 aromatic carbocycles. The van der Waals surface area contributed by atoms with E-state index in [2.05, 4.69) is 42.2 Å². The van der Waals surface area contributed by atoms with Gasteiger partial charge in [-0.2, -0.15) is 10.5 Å². The van der Waals surface area contributed by atoms with Crippen LogP contribution in [0.4, 0.5) is 11.5 Å². The van der Waals surface area contributed by atoms with E-state index >= 15 is 0 Å². The van der Waals surface area contributed by atoms with Crippen LogP contribution in [0.2, 0.25) is 0 Å². The first-order valence-electron chi connectivity index (χ1n) is 5.16. The van der Waals surface area contributed by atoms with Gasteiger partial charge in [-0.05, 0) is 56.1 Å². The molecular formula is C13H6Br2N4. The van der Waals surface area contributed by atoms with Gasteiger partial charge < -0.3 is 5.32 Å². The lowest BCUT2D eigenvalue weighted by atomic mass is 10.1. The van der Waals surface area contributed by atoms with Gasteiger partial charge in [-0.3, -0.25) is 0 Å². The smallest absolute Gasteiger partial charge is 0.144 e. The Kier molecular flexibility index (Phi) is 4.16. The highest BCUT2D eigenvalue weighted by molar-refractivity contribution is 9.11. The van der Waals surface area contributed by atoms with Crippen LogP contribution in [0.25, 0.3) is 0 Å². The van der Waals surface area contributed by atoms with E-state index in [0.29, 0.717) is 22.6 Å². The van der Waals surface area contributed by atoms with Crippen LogP contribution in [-0.2, 0) is 0 Å². The molecule has 1 aromatic heterocycles. The van der Waals surface area contributed by atoms with Crippen LogP contribution >= 0.6 is 31.9 Å². The highest BCUT2D eigenvalue weighted by Crippen LogP contribution is 2.27. The van der Waals surface area contributed by atoms with Crippen molar-refractivity contribution in [1.29, 1.82) is 10.5 Å². The first-order chi connectivity index (χ1) is 9.13. The predicted molar refractivity (Wildman–Crippen MR) is 78.8 cm³/mol. The highest BCUT2D eigenvalue weighted by Gasteiger charge is 2.06. The van der Waals surface area contributed by atoms with Gasteiger partial charge in [0.05, 0.1) is 15.6 Å². The molecule has 0 saturated carbocycles. The lowest BCUT2D eigenvalue weighted by Gasteiger charge is -2.08. The molecule has 0 aliphatic carbocycles. The third-order valence-electron chi connectivity index (χ3n) is 2.33. The largest absolute Gasteiger partial charge is 0.339 e. The van der Waals surface area contributed by atoms with Crippen LogP contribution in [0.5, 0.6) is 0 Å². The van der Waals surface area contributed by atoms with Crippen LogP contribution < -0.4 is 5.32 Å². The molecule has 0 amide bonds. The van der Waals surface area contributed by atoms with Crippen LogP contribution in [0, 0.1) is 22.7 Å². The fraction of sp³-hybridized carbons (Fsp3) is 0. The summed E-state index contributed by atoms with van der Waals surface area (Å²) in [6, 6.07) is 10.8. The van der Waals surface area contributed by atoms with Gasteiger partial charge in [-0.15, -0.1) is 0 Å². The van der Waals surface area contributed by atoms with Gasteiger partial charge in [0.1, 0.15) is 18.0 Å². The molecule has 4 nitrogen and oxygen atoms in total. The molecule has 0 radical (unpaired) electrons. The Labute approximate surface area is 127 Å². The number of rotatable bonds is 2. The molecule has 2 rings (SSSR count). The Hall–Kier alpha value is -1.89. The van der Waals surface area contributed by atoms with Crippen molar-refractivity contribution < 1.29 is 0 Å². The summed E-state index contributed by atoms with van der Waals surface area (Å²) in [4.78, 5) is 4.22. The molecule has 0 bridgehead atoms. The molecule has 1 heterocycles. The average molecular weight is 378 g/mol. The SMILES string of the molecule is N#Cc1ccc(Nc2ncc(Br)cc2Br)cc1C#N. The molecule has 0 spiro atoms. The number of hydrogen-bond acceptors (Lipinski definition) is 4. The van der Waals surface area contributed by atoms with Crippen molar-refractivity contribution in [2.75, 3.05) is 5.32 Å². The summed E-state index contributed by atoms with van der Waals surface area (Å²) in [5, 5.41) is 20.9. The maximum absolute atomic E-state index is 8.97. The summed E-state index contributed by atoms with van der Waals surface area (Å²) >= 11 is 6.72. The van der Waals surface area contributed by atoms with Gasteiger partial charge in [0.25, 0.3) is 0 Å². The van der Waals surface area contributed by atoms with E-state index in [1.807, 2.05) is 18.2 Å². The summed E-state index contributed by atoms with van der Waals surface area (Å²) in [7, 11) is 0. The molecule has 0 atom stereocenters. The number of nitrogens with zero attached hydrogens (tertiary/aromatic N) is 3. The molecule has 2 aromatic rings. The average Bonchev–Trinajstić information content (AvgIpc) is 2.41. The van der Waals surface area contributed by atoms with Crippen molar-refractivity contribution in [3.05, 3.63) is 50.5 Å². The minimum atomic E-state index is 0.334. The Bertz CT molecular complexity index is 714. The zero-order valence-corrected chi connectivity index (χ0v) is 12.7. The lowest BCUT2D eigenvalue weighted by Crippen LogP contribution is -1.96. The number of hydrogen-bond donors (Lipinski definition) is 1. The minimum Gasteiger partial charge on any atom is -0.339 e. The number of benzene rings is 1. The Balaban J connectivity index is 2.34. The van der Waals surface area contributed by atoms with Gasteiger partial charge in [0.2, 0.25) is 0 Å². The molecule has 0 aliphatic rings. The van der Waals surface area contributed by atoms with E-state index in [1.165, 1.54) is 0 Å². The fourth-order valence-electron chi connectivity index (χ4n) is 1.46. The van der Waals surface area contributed by atoms with E-state index in [-0.39, 0.29) is 0 Å². The van der Waals surface area contributed by atoms with Crippen LogP contribution in [0.1, 0.15) is 11.1 Å². The molecule has 1 N–H and O–H groups in total. The molecule has 6 heteroatoms. The summed E-state index contributed by atoms with van der Waals surface area (Å²) < 4.78 is 1.66. The van der Waals surface area contributed by atoms with Crippen LogP contribution in [-0.4, -0.2) is 4.98 Å². The zero-order chi connectivity index (χ0) is 13.8. The van der Waals surface area contributed by atoms with E-state index < -0.39 is 0 Å². The van der Waals surface area contributed by atoms with Crippen molar-refractivity contribution in [3.63, 3.8) is 0 Å². The number of halogens is 2. The number of nitrogens with one attached hydrogen (secondary N) is 1. The first kappa shape index (κ1) is 13.5.